The number of carboxylic acid groups (broad SMARTS) is 1. The fraction of sp³-hybridized carbons (Fsp3) is 0.615. The molecule has 1 atom stereocenters. The highest BCUT2D eigenvalue weighted by Crippen LogP contribution is 2.23. The summed E-state index contributed by atoms with van der Waals surface area (Å²) in [6.45, 7) is 4.97. The minimum Gasteiger partial charge on any atom is -0.478 e. The molecule has 1 unspecified atom stereocenters. The Morgan fingerprint density at radius 1 is 1.42 bits per heavy atom. The SMILES string of the molecule is Cc1nc(N2CCCC(C)(O)CC2)ncc1C(=O)O. The molecule has 1 aromatic rings. The van der Waals surface area contributed by atoms with Crippen molar-refractivity contribution in [1.82, 2.24) is 9.97 Å². The Bertz CT molecular complexity index is 488. The van der Waals surface area contributed by atoms with Gasteiger partial charge in [0.05, 0.1) is 16.9 Å². The van der Waals surface area contributed by atoms with Crippen LogP contribution in [-0.2, 0) is 0 Å². The van der Waals surface area contributed by atoms with E-state index in [-0.39, 0.29) is 5.56 Å². The summed E-state index contributed by atoms with van der Waals surface area (Å²) in [6, 6.07) is 0. The zero-order chi connectivity index (χ0) is 14.0. The van der Waals surface area contributed by atoms with Crippen LogP contribution in [0.25, 0.3) is 0 Å². The van der Waals surface area contributed by atoms with Crippen molar-refractivity contribution >= 4 is 11.9 Å². The smallest absolute Gasteiger partial charge is 0.339 e. The van der Waals surface area contributed by atoms with E-state index in [1.807, 2.05) is 11.8 Å². The van der Waals surface area contributed by atoms with Crippen LogP contribution in [0.2, 0.25) is 0 Å². The summed E-state index contributed by atoms with van der Waals surface area (Å²) in [4.78, 5) is 21.3. The highest BCUT2D eigenvalue weighted by Gasteiger charge is 2.26. The molecule has 0 radical (unpaired) electrons. The van der Waals surface area contributed by atoms with Crippen LogP contribution in [0.4, 0.5) is 5.95 Å². The van der Waals surface area contributed by atoms with Crippen LogP contribution in [0.15, 0.2) is 6.20 Å². The van der Waals surface area contributed by atoms with Crippen molar-refractivity contribution in [3.8, 4) is 0 Å². The lowest BCUT2D eigenvalue weighted by molar-refractivity contribution is 0.0481. The van der Waals surface area contributed by atoms with Crippen molar-refractivity contribution in [1.29, 1.82) is 0 Å². The molecule has 1 aromatic heterocycles. The average molecular weight is 265 g/mol. The van der Waals surface area contributed by atoms with Gasteiger partial charge in [-0.15, -0.1) is 0 Å². The Morgan fingerprint density at radius 2 is 2.16 bits per heavy atom. The number of aryl methyl sites for hydroxylation is 1. The van der Waals surface area contributed by atoms with E-state index in [4.69, 9.17) is 5.11 Å². The number of carbonyl (C=O) groups is 1. The second-order valence-corrected chi connectivity index (χ2v) is 5.31. The topological polar surface area (TPSA) is 86.5 Å². The van der Waals surface area contributed by atoms with Crippen molar-refractivity contribution in [2.45, 2.75) is 38.7 Å². The molecule has 0 saturated carbocycles. The van der Waals surface area contributed by atoms with Crippen molar-refractivity contribution in [3.63, 3.8) is 0 Å². The Balaban J connectivity index is 2.18. The summed E-state index contributed by atoms with van der Waals surface area (Å²) in [6.07, 6.45) is 3.64. The summed E-state index contributed by atoms with van der Waals surface area (Å²) >= 11 is 0. The van der Waals surface area contributed by atoms with Gasteiger partial charge in [0.1, 0.15) is 0 Å². The number of hydrogen-bond donors (Lipinski definition) is 2. The van der Waals surface area contributed by atoms with Crippen LogP contribution in [0.1, 0.15) is 42.2 Å². The average Bonchev–Trinajstić information content (AvgIpc) is 2.49. The molecule has 0 aliphatic carbocycles. The van der Waals surface area contributed by atoms with E-state index < -0.39 is 11.6 Å². The number of rotatable bonds is 2. The molecule has 1 saturated heterocycles. The third kappa shape index (κ3) is 3.20. The van der Waals surface area contributed by atoms with E-state index in [9.17, 15) is 9.90 Å². The fourth-order valence-corrected chi connectivity index (χ4v) is 2.28. The van der Waals surface area contributed by atoms with E-state index in [1.54, 1.807) is 6.92 Å². The third-order valence-corrected chi connectivity index (χ3v) is 3.54. The van der Waals surface area contributed by atoms with Gasteiger partial charge in [-0.1, -0.05) is 0 Å². The first kappa shape index (κ1) is 13.7. The summed E-state index contributed by atoms with van der Waals surface area (Å²) < 4.78 is 0. The van der Waals surface area contributed by atoms with Crippen LogP contribution in [0, 0.1) is 6.92 Å². The maximum absolute atomic E-state index is 10.9. The number of carboxylic acids is 1. The summed E-state index contributed by atoms with van der Waals surface area (Å²) in [7, 11) is 0. The molecule has 0 amide bonds. The molecule has 1 fully saturated rings. The Hall–Kier alpha value is -1.69. The van der Waals surface area contributed by atoms with Gasteiger partial charge in [0.25, 0.3) is 0 Å². The number of hydrogen-bond acceptors (Lipinski definition) is 5. The van der Waals surface area contributed by atoms with Crippen molar-refractivity contribution in [2.24, 2.45) is 0 Å². The van der Waals surface area contributed by atoms with Gasteiger partial charge in [0, 0.05) is 19.3 Å². The summed E-state index contributed by atoms with van der Waals surface area (Å²) in [5.41, 5.74) is -0.0378. The molecule has 2 heterocycles. The highest BCUT2D eigenvalue weighted by molar-refractivity contribution is 5.88. The minimum absolute atomic E-state index is 0.130. The molecule has 6 nitrogen and oxygen atoms in total. The predicted octanol–water partition coefficient (Wildman–Crippen LogP) is 1.22. The summed E-state index contributed by atoms with van der Waals surface area (Å²) in [5.74, 6) is -0.469. The molecular formula is C13H19N3O3. The zero-order valence-corrected chi connectivity index (χ0v) is 11.3. The first-order valence-electron chi connectivity index (χ1n) is 6.43. The third-order valence-electron chi connectivity index (χ3n) is 3.54. The number of anilines is 1. The minimum atomic E-state index is -1.01. The molecular weight excluding hydrogens is 246 g/mol. The van der Waals surface area contributed by atoms with Gasteiger partial charge in [0.15, 0.2) is 0 Å². The molecule has 6 heteroatoms. The van der Waals surface area contributed by atoms with Crippen LogP contribution in [-0.4, -0.2) is 44.8 Å². The molecule has 2 N–H and O–H groups in total. The van der Waals surface area contributed by atoms with Gasteiger partial charge < -0.3 is 15.1 Å². The lowest BCUT2D eigenvalue weighted by atomic mass is 9.98. The lowest BCUT2D eigenvalue weighted by Gasteiger charge is -2.22. The van der Waals surface area contributed by atoms with Crippen LogP contribution in [0.3, 0.4) is 0 Å². The molecule has 19 heavy (non-hydrogen) atoms. The van der Waals surface area contributed by atoms with E-state index in [0.29, 0.717) is 24.6 Å². The Kier molecular flexibility index (Phi) is 3.71. The van der Waals surface area contributed by atoms with Gasteiger partial charge in [-0.3, -0.25) is 0 Å². The van der Waals surface area contributed by atoms with Gasteiger partial charge in [-0.25, -0.2) is 14.8 Å². The maximum atomic E-state index is 10.9. The molecule has 0 bridgehead atoms. The number of nitrogens with zero attached hydrogens (tertiary/aromatic N) is 3. The van der Waals surface area contributed by atoms with Crippen LogP contribution in [0.5, 0.6) is 0 Å². The first-order valence-corrected chi connectivity index (χ1v) is 6.43. The molecule has 1 aliphatic rings. The molecule has 2 rings (SSSR count). The monoisotopic (exact) mass is 265 g/mol. The van der Waals surface area contributed by atoms with Gasteiger partial charge in [-0.2, -0.15) is 0 Å². The predicted molar refractivity (Wildman–Crippen MR) is 70.4 cm³/mol. The van der Waals surface area contributed by atoms with Crippen LogP contribution < -0.4 is 4.90 Å². The van der Waals surface area contributed by atoms with Crippen molar-refractivity contribution < 1.29 is 15.0 Å². The second-order valence-electron chi connectivity index (χ2n) is 5.31. The van der Waals surface area contributed by atoms with Gasteiger partial charge >= 0.3 is 5.97 Å². The maximum Gasteiger partial charge on any atom is 0.339 e. The Labute approximate surface area is 112 Å². The molecule has 1 aliphatic heterocycles. The Morgan fingerprint density at radius 3 is 2.79 bits per heavy atom. The highest BCUT2D eigenvalue weighted by atomic mass is 16.4. The fourth-order valence-electron chi connectivity index (χ4n) is 2.28. The van der Waals surface area contributed by atoms with E-state index in [0.717, 1.165) is 19.4 Å². The molecule has 104 valence electrons. The lowest BCUT2D eigenvalue weighted by Crippen LogP contribution is -2.29. The quantitative estimate of drug-likeness (QED) is 0.836. The number of aromatic carboxylic acids is 1. The van der Waals surface area contributed by atoms with E-state index in [2.05, 4.69) is 9.97 Å². The number of aliphatic hydroxyl groups is 1. The second kappa shape index (κ2) is 5.13. The zero-order valence-electron chi connectivity index (χ0n) is 11.3. The molecule has 0 spiro atoms. The van der Waals surface area contributed by atoms with Crippen molar-refractivity contribution in [2.75, 3.05) is 18.0 Å². The summed E-state index contributed by atoms with van der Waals surface area (Å²) in [5, 5.41) is 19.0. The van der Waals surface area contributed by atoms with Crippen molar-refractivity contribution in [3.05, 3.63) is 17.5 Å². The number of aromatic nitrogens is 2. The standard InChI is InChI=1S/C13H19N3O3/c1-9-10(11(17)18)8-14-12(15-9)16-6-3-4-13(2,19)5-7-16/h8,19H,3-7H2,1-2H3,(H,17,18). The van der Waals surface area contributed by atoms with E-state index >= 15 is 0 Å². The molecule has 0 aromatic carbocycles. The largest absolute Gasteiger partial charge is 0.478 e. The first-order chi connectivity index (χ1) is 8.89. The van der Waals surface area contributed by atoms with E-state index in [1.165, 1.54) is 6.20 Å². The normalized spacial score (nSPS) is 24.1. The van der Waals surface area contributed by atoms with Crippen LogP contribution >= 0.6 is 0 Å². The van der Waals surface area contributed by atoms with Gasteiger partial charge in [0.2, 0.25) is 5.95 Å². The van der Waals surface area contributed by atoms with Gasteiger partial charge in [-0.05, 0) is 33.1 Å².